The number of hydrogen-bond donors (Lipinski definition) is 0. The van der Waals surface area contributed by atoms with E-state index in [1.54, 1.807) is 17.3 Å². The van der Waals surface area contributed by atoms with Gasteiger partial charge in [0.05, 0.1) is 0 Å². The maximum absolute atomic E-state index is 2.54. The summed E-state index contributed by atoms with van der Waals surface area (Å²) in [5.74, 6) is 6.22. The van der Waals surface area contributed by atoms with Gasteiger partial charge in [-0.2, -0.15) is 0 Å². The van der Waals surface area contributed by atoms with Crippen LogP contribution in [0.1, 0.15) is 26.2 Å². The van der Waals surface area contributed by atoms with Gasteiger partial charge in [0.2, 0.25) is 0 Å². The summed E-state index contributed by atoms with van der Waals surface area (Å²) in [5, 5.41) is 0. The molecule has 0 nitrogen and oxygen atoms in total. The topological polar surface area (TPSA) is 0 Å². The minimum Gasteiger partial charge on any atom is -0.240 e. The molecule has 1 saturated heterocycles. The van der Waals surface area contributed by atoms with Gasteiger partial charge in [0.1, 0.15) is 0 Å². The van der Waals surface area contributed by atoms with Crippen LogP contribution in [0.2, 0.25) is 0 Å². The predicted octanol–water partition coefficient (Wildman–Crippen LogP) is 3.43. The summed E-state index contributed by atoms with van der Waals surface area (Å²) in [6.45, 7) is 2.41. The van der Waals surface area contributed by atoms with Gasteiger partial charge in [-0.05, 0) is 35.9 Å². The smallest absolute Gasteiger partial charge is 0.00717 e. The van der Waals surface area contributed by atoms with Gasteiger partial charge >= 0.3 is 0 Å². The molecule has 2 heteroatoms. The van der Waals surface area contributed by atoms with E-state index in [4.69, 9.17) is 0 Å². The lowest BCUT2D eigenvalue weighted by Crippen LogP contribution is -2.20. The van der Waals surface area contributed by atoms with E-state index in [1.807, 2.05) is 0 Å². The van der Waals surface area contributed by atoms with Crippen LogP contribution in [0.5, 0.6) is 0 Å². The van der Waals surface area contributed by atoms with Crippen molar-refractivity contribution in [2.24, 2.45) is 0 Å². The van der Waals surface area contributed by atoms with E-state index < -0.39 is 0 Å². The van der Waals surface area contributed by atoms with Crippen molar-refractivity contribution in [3.8, 4) is 0 Å². The summed E-state index contributed by atoms with van der Waals surface area (Å²) < 4.78 is 1.39. The molecular formula is C9H19IS. The Morgan fingerprint density at radius 1 is 1.18 bits per heavy atom. The van der Waals surface area contributed by atoms with Crippen LogP contribution in [0.15, 0.2) is 0 Å². The van der Waals surface area contributed by atoms with Gasteiger partial charge in [-0.25, -0.2) is 10.0 Å². The fraction of sp³-hybridized carbons (Fsp3) is 1.00. The van der Waals surface area contributed by atoms with Gasteiger partial charge in [-0.1, -0.05) is 35.9 Å². The molecule has 1 heterocycles. The van der Waals surface area contributed by atoms with Gasteiger partial charge in [0.15, 0.2) is 0 Å². The first-order valence-corrected chi connectivity index (χ1v) is 8.46. The summed E-state index contributed by atoms with van der Waals surface area (Å²) in [5.41, 5.74) is 0. The summed E-state index contributed by atoms with van der Waals surface area (Å²) in [7, 11) is -0.0931. The Kier molecular flexibility index (Phi) is 4.57. The minimum atomic E-state index is -0.0931. The lowest BCUT2D eigenvalue weighted by molar-refractivity contribution is 0.752. The minimum absolute atomic E-state index is 0.0931. The fourth-order valence-electron chi connectivity index (χ4n) is 1.90. The average Bonchev–Trinajstić information content (AvgIpc) is 2.07. The van der Waals surface area contributed by atoms with Crippen molar-refractivity contribution in [1.82, 2.24) is 0 Å². The highest BCUT2D eigenvalue weighted by molar-refractivity contribution is 14.1. The highest BCUT2D eigenvalue weighted by Crippen LogP contribution is 2.51. The molecule has 0 aromatic rings. The van der Waals surface area contributed by atoms with E-state index in [-0.39, 0.29) is 10.0 Å². The third kappa shape index (κ3) is 2.79. The molecule has 0 saturated carbocycles. The summed E-state index contributed by atoms with van der Waals surface area (Å²) in [4.78, 5) is 0. The summed E-state index contributed by atoms with van der Waals surface area (Å²) in [6.07, 6.45) is 4.57. The largest absolute Gasteiger partial charge is 0.240 e. The van der Waals surface area contributed by atoms with E-state index in [0.717, 1.165) is 0 Å². The van der Waals surface area contributed by atoms with Gasteiger partial charge in [-0.3, -0.25) is 0 Å². The Morgan fingerprint density at radius 2 is 1.82 bits per heavy atom. The van der Waals surface area contributed by atoms with Crippen molar-refractivity contribution >= 4 is 32.6 Å². The van der Waals surface area contributed by atoms with Crippen molar-refractivity contribution < 1.29 is 0 Å². The second-order valence-electron chi connectivity index (χ2n) is 3.38. The Hall–Kier alpha value is 1.08. The lowest BCUT2D eigenvalue weighted by Gasteiger charge is -2.42. The maximum Gasteiger partial charge on any atom is 0.00717 e. The molecule has 0 bridgehead atoms. The fourth-order valence-corrected chi connectivity index (χ4v) is 8.14. The highest BCUT2D eigenvalue weighted by atomic mass is 127. The van der Waals surface area contributed by atoms with E-state index in [9.17, 15) is 0 Å². The van der Waals surface area contributed by atoms with Gasteiger partial charge in [0.25, 0.3) is 0 Å². The van der Waals surface area contributed by atoms with E-state index in [2.05, 4.69) is 29.5 Å². The molecule has 0 aromatic carbocycles. The van der Waals surface area contributed by atoms with Crippen LogP contribution in [0.25, 0.3) is 0 Å². The van der Waals surface area contributed by atoms with Gasteiger partial charge < -0.3 is 0 Å². The van der Waals surface area contributed by atoms with E-state index >= 15 is 0 Å². The molecule has 0 unspecified atom stereocenters. The molecule has 11 heavy (non-hydrogen) atoms. The molecule has 0 spiro atoms. The van der Waals surface area contributed by atoms with Crippen molar-refractivity contribution in [2.45, 2.75) is 26.2 Å². The molecule has 0 amide bonds. The Morgan fingerprint density at radius 3 is 2.27 bits per heavy atom. The Balaban J connectivity index is 2.42. The first kappa shape index (κ1) is 10.2. The third-order valence-electron chi connectivity index (χ3n) is 2.78. The van der Waals surface area contributed by atoms with Crippen LogP contribution in [-0.2, 0) is 0 Å². The molecule has 0 atom stereocenters. The molecule has 1 aliphatic heterocycles. The van der Waals surface area contributed by atoms with Crippen molar-refractivity contribution in [3.63, 3.8) is 0 Å². The van der Waals surface area contributed by atoms with Crippen LogP contribution < -0.4 is 0 Å². The van der Waals surface area contributed by atoms with E-state index in [0.29, 0.717) is 0 Å². The SMILES string of the molecule is CCS1(CCI)CCCCC1. The quantitative estimate of drug-likeness (QED) is 0.551. The Bertz CT molecular complexity index is 103. The average molecular weight is 286 g/mol. The van der Waals surface area contributed by atoms with Crippen LogP contribution in [0.4, 0.5) is 0 Å². The maximum atomic E-state index is 2.54. The first-order valence-electron chi connectivity index (χ1n) is 4.63. The number of halogens is 1. The standard InChI is InChI=1S/C9H19IS/c1-2-11(9-6-10)7-4-3-5-8-11/h2-9H2,1H3. The second-order valence-corrected chi connectivity index (χ2v) is 8.71. The zero-order valence-corrected chi connectivity index (χ0v) is 10.4. The molecule has 1 fully saturated rings. The zero-order chi connectivity index (χ0) is 8.16. The van der Waals surface area contributed by atoms with Crippen LogP contribution >= 0.6 is 32.6 Å². The molecule has 0 N–H and O–H groups in total. The number of alkyl halides is 1. The van der Waals surface area contributed by atoms with Crippen LogP contribution in [0.3, 0.4) is 0 Å². The highest BCUT2D eigenvalue weighted by Gasteiger charge is 2.23. The van der Waals surface area contributed by atoms with Crippen LogP contribution in [0, 0.1) is 0 Å². The lowest BCUT2D eigenvalue weighted by atomic mass is 10.3. The first-order chi connectivity index (χ1) is 5.33. The normalized spacial score (nSPS) is 26.4. The molecule has 1 rings (SSSR count). The third-order valence-corrected chi connectivity index (χ3v) is 8.65. The molecule has 0 aromatic heterocycles. The molecule has 0 radical (unpaired) electrons. The number of hydrogen-bond acceptors (Lipinski definition) is 0. The number of rotatable bonds is 3. The molecule has 0 aliphatic carbocycles. The summed E-state index contributed by atoms with van der Waals surface area (Å²) >= 11 is 2.54. The second kappa shape index (κ2) is 4.95. The van der Waals surface area contributed by atoms with Crippen molar-refractivity contribution in [1.29, 1.82) is 0 Å². The van der Waals surface area contributed by atoms with E-state index in [1.165, 1.54) is 29.4 Å². The van der Waals surface area contributed by atoms with Gasteiger partial charge in [-0.15, -0.1) is 0 Å². The molecular weight excluding hydrogens is 267 g/mol. The summed E-state index contributed by atoms with van der Waals surface area (Å²) in [6, 6.07) is 0. The monoisotopic (exact) mass is 286 g/mol. The van der Waals surface area contributed by atoms with Crippen molar-refractivity contribution in [2.75, 3.05) is 27.4 Å². The zero-order valence-electron chi connectivity index (χ0n) is 7.44. The Labute approximate surface area is 86.0 Å². The molecule has 68 valence electrons. The van der Waals surface area contributed by atoms with Crippen molar-refractivity contribution in [3.05, 3.63) is 0 Å². The molecule has 1 aliphatic rings. The predicted molar refractivity (Wildman–Crippen MR) is 65.5 cm³/mol. The van der Waals surface area contributed by atoms with Crippen LogP contribution in [-0.4, -0.2) is 27.4 Å². The van der Waals surface area contributed by atoms with Gasteiger partial charge in [0, 0.05) is 4.43 Å².